The first kappa shape index (κ1) is 28.1. The van der Waals surface area contributed by atoms with Gasteiger partial charge in [-0.15, -0.1) is 0 Å². The number of rotatable bonds is 11. The Morgan fingerprint density at radius 3 is 2.51 bits per heavy atom. The number of carbonyl (C=O) groups excluding carboxylic acids is 1. The number of methoxy groups -OCH3 is 1. The summed E-state index contributed by atoms with van der Waals surface area (Å²) in [4.78, 5) is 25.1. The zero-order valence-corrected chi connectivity index (χ0v) is 22.8. The van der Waals surface area contributed by atoms with Gasteiger partial charge in [-0.25, -0.2) is 9.18 Å². The summed E-state index contributed by atoms with van der Waals surface area (Å²) >= 11 is 1.52. The van der Waals surface area contributed by atoms with Crippen molar-refractivity contribution in [3.63, 3.8) is 0 Å². The molecule has 0 saturated carbocycles. The van der Waals surface area contributed by atoms with Gasteiger partial charge < -0.3 is 19.6 Å². The quantitative estimate of drug-likeness (QED) is 0.216. The lowest BCUT2D eigenvalue weighted by Gasteiger charge is -2.19. The first-order valence-electron chi connectivity index (χ1n) is 12.4. The molecule has 1 amide bonds. The van der Waals surface area contributed by atoms with E-state index in [-0.39, 0.29) is 5.82 Å². The molecule has 2 N–H and O–H groups in total. The summed E-state index contributed by atoms with van der Waals surface area (Å²) in [7, 11) is 1.56. The van der Waals surface area contributed by atoms with Crippen LogP contribution >= 0.6 is 11.8 Å². The molecule has 1 heterocycles. The van der Waals surface area contributed by atoms with E-state index >= 15 is 0 Å². The molecule has 0 fully saturated rings. The van der Waals surface area contributed by atoms with Crippen LogP contribution in [0.2, 0.25) is 0 Å². The molecule has 3 aromatic carbocycles. The van der Waals surface area contributed by atoms with Crippen molar-refractivity contribution < 1.29 is 28.2 Å². The second kappa shape index (κ2) is 12.8. The normalized spacial score (nSPS) is 12.6. The third-order valence-corrected chi connectivity index (χ3v) is 7.11. The standard InChI is InChI=1S/C31H30FNO5S/c1-19-7-4-5-10-23(19)25-18-21(11-12-24(25)30(34)33-26(31(35)36)15-16-39-3)29(37-2)28-14-13-27(38-28)20-8-6-9-22(32)17-20/h4-14,17-18,26,29H,15-16H2,1-3H3,(H,33,34)(H,35,36). The second-order valence-electron chi connectivity index (χ2n) is 9.09. The van der Waals surface area contributed by atoms with Crippen LogP contribution in [-0.2, 0) is 9.53 Å². The van der Waals surface area contributed by atoms with Gasteiger partial charge in [-0.2, -0.15) is 11.8 Å². The molecule has 0 aliphatic carbocycles. The molecule has 0 saturated heterocycles. The molecule has 8 heteroatoms. The number of nitrogens with one attached hydrogen (secondary N) is 1. The van der Waals surface area contributed by atoms with Crippen LogP contribution < -0.4 is 5.32 Å². The summed E-state index contributed by atoms with van der Waals surface area (Å²) in [5.41, 5.74) is 4.16. The minimum absolute atomic E-state index is 0.317. The highest BCUT2D eigenvalue weighted by atomic mass is 32.2. The van der Waals surface area contributed by atoms with Gasteiger partial charge in [0.1, 0.15) is 29.5 Å². The van der Waals surface area contributed by atoms with Crippen LogP contribution in [0.5, 0.6) is 0 Å². The van der Waals surface area contributed by atoms with Crippen molar-refractivity contribution in [1.29, 1.82) is 0 Å². The molecule has 0 radical (unpaired) electrons. The van der Waals surface area contributed by atoms with Gasteiger partial charge in [-0.3, -0.25) is 4.79 Å². The maximum Gasteiger partial charge on any atom is 0.326 e. The molecule has 39 heavy (non-hydrogen) atoms. The Kier molecular flexibility index (Phi) is 9.22. The van der Waals surface area contributed by atoms with E-state index in [2.05, 4.69) is 5.32 Å². The number of carboxylic acids is 1. The van der Waals surface area contributed by atoms with Gasteiger partial charge in [0.05, 0.1) is 0 Å². The van der Waals surface area contributed by atoms with Crippen LogP contribution in [0.3, 0.4) is 0 Å². The number of carboxylic acid groups (broad SMARTS) is 1. The highest BCUT2D eigenvalue weighted by molar-refractivity contribution is 7.98. The lowest BCUT2D eigenvalue weighted by molar-refractivity contribution is -0.139. The Balaban J connectivity index is 1.73. The van der Waals surface area contributed by atoms with E-state index in [0.717, 1.165) is 16.7 Å². The zero-order chi connectivity index (χ0) is 27.9. The van der Waals surface area contributed by atoms with Crippen LogP contribution in [0.25, 0.3) is 22.5 Å². The van der Waals surface area contributed by atoms with Crippen molar-refractivity contribution in [2.45, 2.75) is 25.5 Å². The average molecular weight is 548 g/mol. The predicted octanol–water partition coefficient (Wildman–Crippen LogP) is 6.73. The number of hydrogen-bond donors (Lipinski definition) is 2. The van der Waals surface area contributed by atoms with Crippen LogP contribution in [0.4, 0.5) is 4.39 Å². The largest absolute Gasteiger partial charge is 0.480 e. The maximum absolute atomic E-state index is 13.7. The lowest BCUT2D eigenvalue weighted by atomic mass is 9.92. The van der Waals surface area contributed by atoms with Crippen molar-refractivity contribution in [1.82, 2.24) is 5.32 Å². The molecule has 6 nitrogen and oxygen atoms in total. The molecule has 202 valence electrons. The molecule has 2 unspecified atom stereocenters. The molecule has 0 spiro atoms. The number of carbonyl (C=O) groups is 2. The maximum atomic E-state index is 13.7. The summed E-state index contributed by atoms with van der Waals surface area (Å²) in [6, 6.07) is 21.7. The smallest absolute Gasteiger partial charge is 0.326 e. The Hall–Kier alpha value is -3.88. The first-order valence-corrected chi connectivity index (χ1v) is 13.8. The molecule has 0 aliphatic heterocycles. The molecule has 4 rings (SSSR count). The van der Waals surface area contributed by atoms with E-state index in [1.165, 1.54) is 23.9 Å². The number of amides is 1. The molecule has 1 aromatic heterocycles. The summed E-state index contributed by atoms with van der Waals surface area (Å²) in [5.74, 6) is -0.258. The second-order valence-corrected chi connectivity index (χ2v) is 10.1. The number of aliphatic carboxylic acids is 1. The van der Waals surface area contributed by atoms with Gasteiger partial charge in [-0.1, -0.05) is 42.5 Å². The first-order chi connectivity index (χ1) is 18.8. The molecule has 0 bridgehead atoms. The molecule has 2 atom stereocenters. The highest BCUT2D eigenvalue weighted by Gasteiger charge is 2.25. The summed E-state index contributed by atoms with van der Waals surface area (Å²) < 4.78 is 25.6. The number of halogens is 1. The van der Waals surface area contributed by atoms with Crippen LogP contribution in [0.1, 0.15) is 39.8 Å². The summed E-state index contributed by atoms with van der Waals surface area (Å²) in [5, 5.41) is 12.3. The Bertz CT molecular complexity index is 1470. The van der Waals surface area contributed by atoms with Gasteiger partial charge in [0.25, 0.3) is 5.91 Å². The number of aryl methyl sites for hydroxylation is 1. The van der Waals surface area contributed by atoms with Crippen molar-refractivity contribution in [3.8, 4) is 22.5 Å². The van der Waals surface area contributed by atoms with Crippen LogP contribution in [-0.4, -0.2) is 42.1 Å². The molecular weight excluding hydrogens is 517 g/mol. The Morgan fingerprint density at radius 2 is 1.82 bits per heavy atom. The van der Waals surface area contributed by atoms with Gasteiger partial charge in [0.2, 0.25) is 0 Å². The van der Waals surface area contributed by atoms with E-state index in [9.17, 15) is 19.1 Å². The molecular formula is C31H30FNO5S. The SMILES string of the molecule is COC(c1ccc(C(=O)NC(CCSC)C(=O)O)c(-c2ccccc2C)c1)c1ccc(-c2cccc(F)c2)o1. The van der Waals surface area contributed by atoms with Crippen LogP contribution in [0.15, 0.2) is 83.3 Å². The zero-order valence-electron chi connectivity index (χ0n) is 21.9. The summed E-state index contributed by atoms with van der Waals surface area (Å²) in [6.07, 6.45) is 1.61. The van der Waals surface area contributed by atoms with E-state index in [1.54, 1.807) is 43.5 Å². The highest BCUT2D eigenvalue weighted by Crippen LogP contribution is 2.35. The fourth-order valence-corrected chi connectivity index (χ4v) is 4.93. The van der Waals surface area contributed by atoms with Crippen molar-refractivity contribution in [2.75, 3.05) is 19.1 Å². The fourth-order valence-electron chi connectivity index (χ4n) is 4.46. The topological polar surface area (TPSA) is 88.8 Å². The number of furan rings is 1. The number of thioether (sulfide) groups is 1. The third-order valence-electron chi connectivity index (χ3n) is 6.47. The number of ether oxygens (including phenoxy) is 1. The van der Waals surface area contributed by atoms with Gasteiger partial charge in [-0.05, 0) is 84.0 Å². The van der Waals surface area contributed by atoms with E-state index in [1.807, 2.05) is 43.5 Å². The Labute approximate surface area is 231 Å². The minimum atomic E-state index is -1.07. The van der Waals surface area contributed by atoms with Gasteiger partial charge >= 0.3 is 5.97 Å². The fraction of sp³-hybridized carbons (Fsp3) is 0.226. The van der Waals surface area contributed by atoms with E-state index < -0.39 is 24.0 Å². The van der Waals surface area contributed by atoms with Gasteiger partial charge in [0.15, 0.2) is 0 Å². The van der Waals surface area contributed by atoms with E-state index in [4.69, 9.17) is 9.15 Å². The third kappa shape index (κ3) is 6.58. The lowest BCUT2D eigenvalue weighted by Crippen LogP contribution is -2.41. The van der Waals surface area contributed by atoms with Crippen LogP contribution in [0, 0.1) is 12.7 Å². The number of hydrogen-bond acceptors (Lipinski definition) is 5. The minimum Gasteiger partial charge on any atom is -0.480 e. The predicted molar refractivity (Wildman–Crippen MR) is 151 cm³/mol. The average Bonchev–Trinajstić information content (AvgIpc) is 3.41. The number of benzene rings is 3. The van der Waals surface area contributed by atoms with Crippen molar-refractivity contribution in [2.24, 2.45) is 0 Å². The van der Waals surface area contributed by atoms with Crippen molar-refractivity contribution in [3.05, 3.63) is 107 Å². The van der Waals surface area contributed by atoms with Crippen molar-refractivity contribution >= 4 is 23.6 Å². The monoisotopic (exact) mass is 547 g/mol. The Morgan fingerprint density at radius 1 is 1.03 bits per heavy atom. The molecule has 0 aliphatic rings. The van der Waals surface area contributed by atoms with Gasteiger partial charge in [0, 0.05) is 18.2 Å². The summed E-state index contributed by atoms with van der Waals surface area (Å²) in [6.45, 7) is 1.95. The molecule has 4 aromatic rings. The van der Waals surface area contributed by atoms with E-state index in [0.29, 0.717) is 40.4 Å².